The second-order valence-corrected chi connectivity index (χ2v) is 10.8. The Morgan fingerprint density at radius 2 is 1.77 bits per heavy atom. The zero-order chi connectivity index (χ0) is 30.1. The summed E-state index contributed by atoms with van der Waals surface area (Å²) in [5, 5.41) is 11.1. The highest BCUT2D eigenvalue weighted by atomic mass is 19.1. The fourth-order valence-electron chi connectivity index (χ4n) is 5.83. The van der Waals surface area contributed by atoms with Gasteiger partial charge in [0.15, 0.2) is 11.6 Å². The molecule has 1 amide bonds. The standard InChI is InChI=1S/C32H30FN7O3/c1-19-9-10-36-40(19)30-6-4-3-5-28(30)38-32(43)26-12-21(33)11-25(26)31(42)17-39-16-27(20(2)41)24-13-22(7-8-29(24)39)37-23-14-34-18-35-15-23/h3-10,13-16,18,21,25-26,37H,11-12,17H2,1-2H3,(H,38,43)/t21-,25?,26+/m0/s1. The van der Waals surface area contributed by atoms with Crippen LogP contribution in [0.4, 0.5) is 21.5 Å². The fourth-order valence-corrected chi connectivity index (χ4v) is 5.83. The Kier molecular flexibility index (Phi) is 7.54. The molecule has 2 N–H and O–H groups in total. The maximum absolute atomic E-state index is 14.8. The molecule has 11 heteroatoms. The molecule has 2 aromatic carbocycles. The molecular weight excluding hydrogens is 549 g/mol. The molecule has 1 aliphatic rings. The van der Waals surface area contributed by atoms with E-state index in [4.69, 9.17) is 0 Å². The normalized spacial score (nSPS) is 18.1. The number of halogens is 1. The maximum Gasteiger partial charge on any atom is 0.228 e. The summed E-state index contributed by atoms with van der Waals surface area (Å²) in [4.78, 5) is 47.7. The average molecular weight is 580 g/mol. The largest absolute Gasteiger partial charge is 0.353 e. The van der Waals surface area contributed by atoms with Gasteiger partial charge in [-0.2, -0.15) is 5.10 Å². The van der Waals surface area contributed by atoms with Gasteiger partial charge in [-0.05, 0) is 63.1 Å². The number of carbonyl (C=O) groups is 3. The van der Waals surface area contributed by atoms with Gasteiger partial charge in [-0.1, -0.05) is 12.1 Å². The van der Waals surface area contributed by atoms with Crippen molar-refractivity contribution in [2.75, 3.05) is 10.6 Å². The minimum atomic E-state index is -1.27. The van der Waals surface area contributed by atoms with Gasteiger partial charge in [0.25, 0.3) is 0 Å². The van der Waals surface area contributed by atoms with Crippen molar-refractivity contribution in [3.05, 3.63) is 90.9 Å². The number of amides is 1. The van der Waals surface area contributed by atoms with Gasteiger partial charge in [-0.3, -0.25) is 14.4 Å². The summed E-state index contributed by atoms with van der Waals surface area (Å²) in [5.74, 6) is -2.44. The number of ketones is 2. The number of hydrogen-bond donors (Lipinski definition) is 2. The third kappa shape index (κ3) is 5.66. The molecule has 5 aromatic rings. The van der Waals surface area contributed by atoms with Crippen LogP contribution < -0.4 is 10.6 Å². The van der Waals surface area contributed by atoms with Gasteiger partial charge in [0.2, 0.25) is 5.91 Å². The zero-order valence-corrected chi connectivity index (χ0v) is 23.7. The predicted molar refractivity (Wildman–Crippen MR) is 160 cm³/mol. The highest BCUT2D eigenvalue weighted by Crippen LogP contribution is 2.37. The first-order chi connectivity index (χ1) is 20.8. The number of aryl methyl sites for hydroxylation is 1. The molecule has 218 valence electrons. The van der Waals surface area contributed by atoms with Gasteiger partial charge < -0.3 is 15.2 Å². The van der Waals surface area contributed by atoms with E-state index in [1.807, 2.05) is 43.3 Å². The van der Waals surface area contributed by atoms with Gasteiger partial charge in [-0.15, -0.1) is 0 Å². The number of nitrogens with one attached hydrogen (secondary N) is 2. The molecule has 0 spiro atoms. The Hall–Kier alpha value is -5.19. The first kappa shape index (κ1) is 28.0. The van der Waals surface area contributed by atoms with Crippen LogP contribution in [0.1, 0.15) is 35.8 Å². The number of alkyl halides is 1. The zero-order valence-electron chi connectivity index (χ0n) is 23.7. The topological polar surface area (TPSA) is 124 Å². The molecule has 1 aliphatic carbocycles. The van der Waals surface area contributed by atoms with Crippen molar-refractivity contribution in [3.63, 3.8) is 0 Å². The Balaban J connectivity index is 1.23. The number of carbonyl (C=O) groups excluding carboxylic acids is 3. The summed E-state index contributed by atoms with van der Waals surface area (Å²) in [6.07, 6.45) is 6.71. The SMILES string of the molecule is CC(=O)c1cn(CC(=O)C2C[C@H](F)C[C@H]2C(=O)Nc2ccccc2-n2nccc2C)c2ccc(Nc3cncnc3)cc12. The van der Waals surface area contributed by atoms with Crippen molar-refractivity contribution in [1.82, 2.24) is 24.3 Å². The number of anilines is 3. The molecule has 1 unspecified atom stereocenters. The van der Waals surface area contributed by atoms with Crippen LogP contribution in [0.5, 0.6) is 0 Å². The van der Waals surface area contributed by atoms with Gasteiger partial charge in [-0.25, -0.2) is 19.0 Å². The number of aromatic nitrogens is 5. The minimum absolute atomic E-state index is 0.0250. The molecule has 0 bridgehead atoms. The quantitative estimate of drug-likeness (QED) is 0.223. The smallest absolute Gasteiger partial charge is 0.228 e. The summed E-state index contributed by atoms with van der Waals surface area (Å²) < 4.78 is 18.2. The molecular formula is C32H30FN7O3. The number of benzene rings is 2. The van der Waals surface area contributed by atoms with E-state index in [1.54, 1.807) is 46.2 Å². The van der Waals surface area contributed by atoms with Crippen LogP contribution in [-0.4, -0.2) is 48.0 Å². The summed E-state index contributed by atoms with van der Waals surface area (Å²) in [6.45, 7) is 3.29. The lowest BCUT2D eigenvalue weighted by Gasteiger charge is -2.20. The third-order valence-electron chi connectivity index (χ3n) is 7.91. The summed E-state index contributed by atoms with van der Waals surface area (Å²) in [5.41, 5.74) is 4.67. The molecule has 3 aromatic heterocycles. The lowest BCUT2D eigenvalue weighted by molar-refractivity contribution is -0.130. The number of fused-ring (bicyclic) bond motifs is 1. The van der Waals surface area contributed by atoms with Crippen molar-refractivity contribution in [1.29, 1.82) is 0 Å². The molecule has 10 nitrogen and oxygen atoms in total. The van der Waals surface area contributed by atoms with Crippen LogP contribution in [0.3, 0.4) is 0 Å². The van der Waals surface area contributed by atoms with Gasteiger partial charge in [0.1, 0.15) is 12.5 Å². The van der Waals surface area contributed by atoms with E-state index in [2.05, 4.69) is 25.7 Å². The van der Waals surface area contributed by atoms with Crippen molar-refractivity contribution < 1.29 is 18.8 Å². The molecule has 0 aliphatic heterocycles. The third-order valence-corrected chi connectivity index (χ3v) is 7.91. The molecule has 43 heavy (non-hydrogen) atoms. The monoisotopic (exact) mass is 579 g/mol. The molecule has 3 atom stereocenters. The van der Waals surface area contributed by atoms with Crippen molar-refractivity contribution >= 4 is 45.4 Å². The van der Waals surface area contributed by atoms with Crippen molar-refractivity contribution in [2.45, 2.75) is 39.4 Å². The Bertz CT molecular complexity index is 1830. The van der Waals surface area contributed by atoms with E-state index in [9.17, 15) is 18.8 Å². The molecule has 0 radical (unpaired) electrons. The summed E-state index contributed by atoms with van der Waals surface area (Å²) in [6, 6.07) is 14.6. The first-order valence-electron chi connectivity index (χ1n) is 14.0. The number of Topliss-reactive ketones (excluding diaryl/α,β-unsaturated/α-hetero) is 2. The second kappa shape index (κ2) is 11.6. The van der Waals surface area contributed by atoms with Crippen LogP contribution in [0, 0.1) is 18.8 Å². The van der Waals surface area contributed by atoms with E-state index in [0.717, 1.165) is 11.4 Å². The molecule has 0 saturated heterocycles. The van der Waals surface area contributed by atoms with Crippen molar-refractivity contribution in [3.8, 4) is 5.69 Å². The van der Waals surface area contributed by atoms with Crippen molar-refractivity contribution in [2.24, 2.45) is 11.8 Å². The molecule has 3 heterocycles. The molecule has 6 rings (SSSR count). The Morgan fingerprint density at radius 3 is 2.51 bits per heavy atom. The average Bonchev–Trinajstić information content (AvgIpc) is 3.70. The molecule has 1 saturated carbocycles. The summed E-state index contributed by atoms with van der Waals surface area (Å²) >= 11 is 0. The fraction of sp³-hybridized carbons (Fsp3) is 0.250. The van der Waals surface area contributed by atoms with E-state index in [0.29, 0.717) is 33.5 Å². The van der Waals surface area contributed by atoms with Crippen LogP contribution >= 0.6 is 0 Å². The van der Waals surface area contributed by atoms with Gasteiger partial charge >= 0.3 is 0 Å². The van der Waals surface area contributed by atoms with Crippen LogP contribution in [0.2, 0.25) is 0 Å². The van der Waals surface area contributed by atoms with E-state index < -0.39 is 23.9 Å². The predicted octanol–water partition coefficient (Wildman–Crippen LogP) is 5.44. The van der Waals surface area contributed by atoms with E-state index in [-0.39, 0.29) is 31.0 Å². The first-order valence-corrected chi connectivity index (χ1v) is 14.0. The van der Waals surface area contributed by atoms with Gasteiger partial charge in [0, 0.05) is 46.2 Å². The Morgan fingerprint density at radius 1 is 1.00 bits per heavy atom. The number of nitrogens with zero attached hydrogens (tertiary/aromatic N) is 5. The van der Waals surface area contributed by atoms with E-state index >= 15 is 0 Å². The number of para-hydroxylation sites is 2. The van der Waals surface area contributed by atoms with Crippen LogP contribution in [-0.2, 0) is 16.1 Å². The van der Waals surface area contributed by atoms with Crippen LogP contribution in [0.25, 0.3) is 16.6 Å². The number of hydrogen-bond acceptors (Lipinski definition) is 7. The number of rotatable bonds is 9. The molecule has 1 fully saturated rings. The Labute approximate surface area is 247 Å². The lowest BCUT2D eigenvalue weighted by Crippen LogP contribution is -2.32. The van der Waals surface area contributed by atoms with Gasteiger partial charge in [0.05, 0.1) is 41.9 Å². The highest BCUT2D eigenvalue weighted by Gasteiger charge is 2.43. The lowest BCUT2D eigenvalue weighted by atomic mass is 9.91. The van der Waals surface area contributed by atoms with Crippen LogP contribution in [0.15, 0.2) is 79.6 Å². The second-order valence-electron chi connectivity index (χ2n) is 10.8. The van der Waals surface area contributed by atoms with E-state index in [1.165, 1.54) is 13.3 Å². The minimum Gasteiger partial charge on any atom is -0.353 e. The maximum atomic E-state index is 14.8. The summed E-state index contributed by atoms with van der Waals surface area (Å²) in [7, 11) is 0. The highest BCUT2D eigenvalue weighted by molar-refractivity contribution is 6.08.